The Hall–Kier alpha value is -0.820. The van der Waals surface area contributed by atoms with E-state index in [9.17, 15) is 0 Å². The van der Waals surface area contributed by atoms with Crippen LogP contribution in [-0.4, -0.2) is 0 Å². The van der Waals surface area contributed by atoms with Crippen LogP contribution in [0.1, 0.15) is 90.0 Å². The molecule has 1 aromatic carbocycles. The van der Waals surface area contributed by atoms with E-state index in [2.05, 4.69) is 44.2 Å². The first-order chi connectivity index (χ1) is 10.2. The molecule has 0 fully saturated rings. The van der Waals surface area contributed by atoms with Gasteiger partial charge in [-0.2, -0.15) is 0 Å². The first-order valence-electron chi connectivity index (χ1n) is 9.01. The molecule has 120 valence electrons. The fourth-order valence-corrected chi connectivity index (χ4v) is 2.94. The van der Waals surface area contributed by atoms with Crippen LogP contribution in [0.4, 0.5) is 0 Å². The van der Waals surface area contributed by atoms with Crippen molar-refractivity contribution in [3.05, 3.63) is 35.9 Å². The van der Waals surface area contributed by atoms with Gasteiger partial charge >= 0.3 is 0 Å². The summed E-state index contributed by atoms with van der Waals surface area (Å²) in [5, 5.41) is 0. The van der Waals surface area contributed by atoms with Crippen LogP contribution >= 0.6 is 0 Å². The van der Waals surface area contributed by atoms with Crippen molar-refractivity contribution in [2.75, 3.05) is 0 Å². The molecule has 0 radical (unpaired) electrons. The van der Waals surface area contributed by atoms with Crippen LogP contribution in [-0.2, 0) is 5.54 Å². The lowest BCUT2D eigenvalue weighted by Crippen LogP contribution is -2.32. The molecule has 0 aliphatic rings. The van der Waals surface area contributed by atoms with E-state index >= 15 is 0 Å². The molecule has 0 saturated heterocycles. The van der Waals surface area contributed by atoms with Crippen molar-refractivity contribution < 1.29 is 0 Å². The summed E-state index contributed by atoms with van der Waals surface area (Å²) in [6.45, 7) is 4.44. The Morgan fingerprint density at radius 1 is 0.762 bits per heavy atom. The standard InChI is InChI=1S/C20H35N/c1-3-4-5-6-7-8-9-10-11-15-18-20(2,21)19-16-13-12-14-17-19/h12-14,16-17H,3-11,15,18,21H2,1-2H3. The molecular weight excluding hydrogens is 254 g/mol. The molecule has 1 rings (SSSR count). The molecule has 0 bridgehead atoms. The Morgan fingerprint density at radius 3 is 1.76 bits per heavy atom. The first kappa shape index (κ1) is 18.2. The zero-order chi connectivity index (χ0) is 15.4. The van der Waals surface area contributed by atoms with Gasteiger partial charge in [0.2, 0.25) is 0 Å². The highest BCUT2D eigenvalue weighted by Crippen LogP contribution is 2.24. The second-order valence-electron chi connectivity index (χ2n) is 6.72. The van der Waals surface area contributed by atoms with E-state index in [4.69, 9.17) is 5.73 Å². The molecule has 2 N–H and O–H groups in total. The highest BCUT2D eigenvalue weighted by Gasteiger charge is 2.19. The number of rotatable bonds is 12. The molecular formula is C20H35N. The zero-order valence-corrected chi connectivity index (χ0v) is 14.2. The minimum absolute atomic E-state index is 0.165. The van der Waals surface area contributed by atoms with Gasteiger partial charge in [-0.1, -0.05) is 101 Å². The van der Waals surface area contributed by atoms with Crippen molar-refractivity contribution in [3.8, 4) is 0 Å². The lowest BCUT2D eigenvalue weighted by molar-refractivity contribution is 0.420. The second kappa shape index (κ2) is 10.8. The van der Waals surface area contributed by atoms with Crippen LogP contribution in [0, 0.1) is 0 Å². The van der Waals surface area contributed by atoms with Gasteiger partial charge in [-0.15, -0.1) is 0 Å². The largest absolute Gasteiger partial charge is 0.322 e. The maximum Gasteiger partial charge on any atom is 0.0381 e. The SMILES string of the molecule is CCCCCCCCCCCCC(C)(N)c1ccccc1. The Balaban J connectivity index is 2.01. The maximum absolute atomic E-state index is 6.45. The average Bonchev–Trinajstić information content (AvgIpc) is 2.50. The van der Waals surface area contributed by atoms with E-state index in [1.54, 1.807) is 0 Å². The molecule has 21 heavy (non-hydrogen) atoms. The summed E-state index contributed by atoms with van der Waals surface area (Å²) in [5.74, 6) is 0. The number of hydrogen-bond acceptors (Lipinski definition) is 1. The van der Waals surface area contributed by atoms with Gasteiger partial charge in [-0.25, -0.2) is 0 Å². The van der Waals surface area contributed by atoms with Gasteiger partial charge in [0.05, 0.1) is 0 Å². The molecule has 1 atom stereocenters. The molecule has 0 aliphatic carbocycles. The van der Waals surface area contributed by atoms with Crippen LogP contribution in [0.2, 0.25) is 0 Å². The summed E-state index contributed by atoms with van der Waals surface area (Å²) in [6, 6.07) is 10.5. The van der Waals surface area contributed by atoms with Crippen molar-refractivity contribution in [3.63, 3.8) is 0 Å². The highest BCUT2D eigenvalue weighted by atomic mass is 14.7. The third-order valence-corrected chi connectivity index (χ3v) is 4.48. The lowest BCUT2D eigenvalue weighted by Gasteiger charge is -2.25. The highest BCUT2D eigenvalue weighted by molar-refractivity contribution is 5.22. The summed E-state index contributed by atoms with van der Waals surface area (Å²) in [5.41, 5.74) is 7.55. The number of hydrogen-bond donors (Lipinski definition) is 1. The normalized spacial score (nSPS) is 14.0. The number of nitrogens with two attached hydrogens (primary N) is 1. The van der Waals surface area contributed by atoms with E-state index in [-0.39, 0.29) is 5.54 Å². The lowest BCUT2D eigenvalue weighted by atomic mass is 9.87. The summed E-state index contributed by atoms with van der Waals surface area (Å²) in [4.78, 5) is 0. The molecule has 0 saturated carbocycles. The molecule has 1 aromatic rings. The van der Waals surface area contributed by atoms with Gasteiger partial charge in [0.25, 0.3) is 0 Å². The van der Waals surface area contributed by atoms with Gasteiger partial charge in [0.1, 0.15) is 0 Å². The van der Waals surface area contributed by atoms with Crippen LogP contribution in [0.25, 0.3) is 0 Å². The van der Waals surface area contributed by atoms with Crippen molar-refractivity contribution in [1.29, 1.82) is 0 Å². The van der Waals surface area contributed by atoms with E-state index in [1.807, 2.05) is 0 Å². The summed E-state index contributed by atoms with van der Waals surface area (Å²) < 4.78 is 0. The van der Waals surface area contributed by atoms with Crippen molar-refractivity contribution in [2.24, 2.45) is 5.73 Å². The Labute approximate surface area is 132 Å². The Bertz CT molecular complexity index is 342. The molecule has 1 nitrogen and oxygen atoms in total. The third-order valence-electron chi connectivity index (χ3n) is 4.48. The van der Waals surface area contributed by atoms with Gasteiger partial charge in [0.15, 0.2) is 0 Å². The van der Waals surface area contributed by atoms with Gasteiger partial charge in [0, 0.05) is 5.54 Å². The Kier molecular flexibility index (Phi) is 9.41. The summed E-state index contributed by atoms with van der Waals surface area (Å²) >= 11 is 0. The summed E-state index contributed by atoms with van der Waals surface area (Å²) in [7, 11) is 0. The van der Waals surface area contributed by atoms with Gasteiger partial charge in [-0.3, -0.25) is 0 Å². The predicted molar refractivity (Wildman–Crippen MR) is 94.4 cm³/mol. The molecule has 0 aliphatic heterocycles. The minimum Gasteiger partial charge on any atom is -0.322 e. The number of benzene rings is 1. The first-order valence-corrected chi connectivity index (χ1v) is 9.01. The zero-order valence-electron chi connectivity index (χ0n) is 14.2. The molecule has 1 heteroatoms. The monoisotopic (exact) mass is 289 g/mol. The molecule has 0 aromatic heterocycles. The Morgan fingerprint density at radius 2 is 1.24 bits per heavy atom. The quantitative estimate of drug-likeness (QED) is 0.457. The van der Waals surface area contributed by atoms with E-state index in [1.165, 1.54) is 69.8 Å². The third kappa shape index (κ3) is 8.26. The maximum atomic E-state index is 6.45. The smallest absolute Gasteiger partial charge is 0.0381 e. The van der Waals surface area contributed by atoms with Crippen LogP contribution in [0.5, 0.6) is 0 Å². The topological polar surface area (TPSA) is 26.0 Å². The fraction of sp³-hybridized carbons (Fsp3) is 0.700. The minimum atomic E-state index is -0.165. The predicted octanol–water partition coefficient (Wildman–Crippen LogP) is 6.17. The average molecular weight is 290 g/mol. The second-order valence-corrected chi connectivity index (χ2v) is 6.72. The van der Waals surface area contributed by atoms with Gasteiger partial charge < -0.3 is 5.73 Å². The molecule has 0 spiro atoms. The fourth-order valence-electron chi connectivity index (χ4n) is 2.94. The van der Waals surface area contributed by atoms with E-state index in [0.29, 0.717) is 0 Å². The van der Waals surface area contributed by atoms with E-state index < -0.39 is 0 Å². The summed E-state index contributed by atoms with van der Waals surface area (Å²) in [6.07, 6.45) is 14.9. The molecule has 1 unspecified atom stereocenters. The van der Waals surface area contributed by atoms with Crippen LogP contribution in [0.3, 0.4) is 0 Å². The van der Waals surface area contributed by atoms with Crippen LogP contribution in [0.15, 0.2) is 30.3 Å². The van der Waals surface area contributed by atoms with Crippen molar-refractivity contribution in [1.82, 2.24) is 0 Å². The van der Waals surface area contributed by atoms with Gasteiger partial charge in [-0.05, 0) is 18.9 Å². The van der Waals surface area contributed by atoms with Crippen LogP contribution < -0.4 is 5.73 Å². The molecule has 0 heterocycles. The van der Waals surface area contributed by atoms with E-state index in [0.717, 1.165) is 6.42 Å². The molecule has 0 amide bonds. The number of unbranched alkanes of at least 4 members (excludes halogenated alkanes) is 9. The van der Waals surface area contributed by atoms with Crippen molar-refractivity contribution >= 4 is 0 Å². The van der Waals surface area contributed by atoms with Crippen molar-refractivity contribution in [2.45, 2.75) is 90.0 Å².